The van der Waals surface area contributed by atoms with Gasteiger partial charge in [0.15, 0.2) is 0 Å². The fourth-order valence-electron chi connectivity index (χ4n) is 3.42. The van der Waals surface area contributed by atoms with Gasteiger partial charge in [-0.05, 0) is 73.6 Å². The third-order valence-electron chi connectivity index (χ3n) is 5.46. The highest BCUT2D eigenvalue weighted by molar-refractivity contribution is 7.89. The third-order valence-corrected chi connectivity index (χ3v) is 7.25. The van der Waals surface area contributed by atoms with Crippen molar-refractivity contribution in [1.29, 1.82) is 0 Å². The van der Waals surface area contributed by atoms with Crippen molar-refractivity contribution in [3.8, 4) is 0 Å². The third kappa shape index (κ3) is 4.40. The lowest BCUT2D eigenvalue weighted by Crippen LogP contribution is -2.36. The average molecular weight is 419 g/mol. The van der Waals surface area contributed by atoms with Gasteiger partial charge < -0.3 is 5.32 Å². The molecule has 2 saturated carbocycles. The molecule has 0 radical (unpaired) electrons. The summed E-state index contributed by atoms with van der Waals surface area (Å²) in [6.45, 7) is 0. The monoisotopic (exact) mass is 418 g/mol. The fraction of sp³-hybridized carbons (Fsp3) is 0.381. The van der Waals surface area contributed by atoms with Gasteiger partial charge in [0.1, 0.15) is 0 Å². The Morgan fingerprint density at radius 1 is 0.964 bits per heavy atom. The van der Waals surface area contributed by atoms with Crippen molar-refractivity contribution in [1.82, 2.24) is 10.0 Å². The zero-order valence-corrected chi connectivity index (χ0v) is 17.0. The maximum Gasteiger partial charge on any atom is 0.251 e. The van der Waals surface area contributed by atoms with Crippen LogP contribution >= 0.6 is 11.6 Å². The van der Waals surface area contributed by atoms with Crippen LogP contribution in [0.15, 0.2) is 53.4 Å². The van der Waals surface area contributed by atoms with Gasteiger partial charge in [0.05, 0.1) is 10.9 Å². The van der Waals surface area contributed by atoms with E-state index < -0.39 is 10.0 Å². The highest BCUT2D eigenvalue weighted by Crippen LogP contribution is 2.38. The second-order valence-corrected chi connectivity index (χ2v) is 9.76. The zero-order chi connectivity index (χ0) is 19.7. The Bertz CT molecular complexity index is 950. The molecule has 0 saturated heterocycles. The molecule has 4 rings (SSSR count). The Hall–Kier alpha value is -1.89. The average Bonchev–Trinajstić information content (AvgIpc) is 3.44. The van der Waals surface area contributed by atoms with E-state index in [1.54, 1.807) is 12.1 Å². The lowest BCUT2D eigenvalue weighted by molar-refractivity contribution is 0.0900. The van der Waals surface area contributed by atoms with Crippen LogP contribution in [0, 0.1) is 5.92 Å². The van der Waals surface area contributed by atoms with Crippen LogP contribution in [0.5, 0.6) is 0 Å². The largest absolute Gasteiger partial charge is 0.345 e. The predicted octanol–water partition coefficient (Wildman–Crippen LogP) is 4.05. The molecule has 0 aliphatic heterocycles. The number of carbonyl (C=O) groups excluding carboxylic acids is 1. The van der Waals surface area contributed by atoms with Gasteiger partial charge in [0.25, 0.3) is 5.91 Å². The van der Waals surface area contributed by atoms with E-state index in [-0.39, 0.29) is 22.9 Å². The number of hydrogen-bond donors (Lipinski definition) is 2. The number of halogens is 1. The molecular weight excluding hydrogens is 396 g/mol. The molecule has 2 aliphatic carbocycles. The maximum atomic E-state index is 12.8. The Kier molecular flexibility index (Phi) is 5.45. The molecular formula is C21H23ClN2O3S. The number of nitrogens with one attached hydrogen (secondary N) is 2. The normalized spacial score (nSPS) is 18.3. The molecule has 0 aromatic heterocycles. The molecule has 2 aromatic rings. The summed E-state index contributed by atoms with van der Waals surface area (Å²) in [5.74, 6) is 0.207. The van der Waals surface area contributed by atoms with Gasteiger partial charge >= 0.3 is 0 Å². The number of carbonyl (C=O) groups is 1. The smallest absolute Gasteiger partial charge is 0.251 e. The number of rotatable bonds is 7. The van der Waals surface area contributed by atoms with E-state index in [1.165, 1.54) is 18.6 Å². The molecule has 2 N–H and O–H groups in total. The highest BCUT2D eigenvalue weighted by atomic mass is 35.5. The number of sulfonamides is 1. The summed E-state index contributed by atoms with van der Waals surface area (Å²) in [6, 6.07) is 13.7. The molecule has 0 heterocycles. The first kappa shape index (κ1) is 19.4. The maximum absolute atomic E-state index is 12.8. The van der Waals surface area contributed by atoms with Gasteiger partial charge in [-0.3, -0.25) is 4.79 Å². The summed E-state index contributed by atoms with van der Waals surface area (Å²) >= 11 is 5.99. The van der Waals surface area contributed by atoms with Crippen molar-refractivity contribution < 1.29 is 13.2 Å². The summed E-state index contributed by atoms with van der Waals surface area (Å²) < 4.78 is 27.2. The van der Waals surface area contributed by atoms with Gasteiger partial charge in [0.2, 0.25) is 10.0 Å². The van der Waals surface area contributed by atoms with Gasteiger partial charge in [-0.25, -0.2) is 13.1 Å². The Labute approximate surface area is 170 Å². The zero-order valence-electron chi connectivity index (χ0n) is 15.4. The molecule has 5 nitrogen and oxygen atoms in total. The van der Waals surface area contributed by atoms with Crippen molar-refractivity contribution in [3.63, 3.8) is 0 Å². The van der Waals surface area contributed by atoms with Crippen molar-refractivity contribution in [2.24, 2.45) is 5.92 Å². The SMILES string of the molecule is O=C(NC(c1ccc(Cl)cc1)C1CCC1)c1ccc(S(=O)(=O)NC2CC2)cc1. The molecule has 148 valence electrons. The van der Waals surface area contributed by atoms with Crippen LogP contribution in [-0.4, -0.2) is 20.4 Å². The number of amides is 1. The lowest BCUT2D eigenvalue weighted by Gasteiger charge is -2.34. The van der Waals surface area contributed by atoms with Crippen molar-refractivity contribution in [2.45, 2.75) is 49.1 Å². The molecule has 2 aromatic carbocycles. The van der Waals surface area contributed by atoms with Crippen LogP contribution in [0.3, 0.4) is 0 Å². The Balaban J connectivity index is 1.48. The molecule has 28 heavy (non-hydrogen) atoms. The van der Waals surface area contributed by atoms with Crippen molar-refractivity contribution in [3.05, 3.63) is 64.7 Å². The summed E-state index contributed by atoms with van der Waals surface area (Å²) in [4.78, 5) is 13.0. The topological polar surface area (TPSA) is 75.3 Å². The van der Waals surface area contributed by atoms with E-state index in [9.17, 15) is 13.2 Å². The number of hydrogen-bond acceptors (Lipinski definition) is 3. The first-order valence-corrected chi connectivity index (χ1v) is 11.5. The van der Waals surface area contributed by atoms with E-state index >= 15 is 0 Å². The van der Waals surface area contributed by atoms with Gasteiger partial charge in [-0.15, -0.1) is 0 Å². The van der Waals surface area contributed by atoms with Crippen LogP contribution in [-0.2, 0) is 10.0 Å². The van der Waals surface area contributed by atoms with Crippen LogP contribution in [0.1, 0.15) is 54.1 Å². The van der Waals surface area contributed by atoms with E-state index in [2.05, 4.69) is 10.0 Å². The first-order chi connectivity index (χ1) is 13.4. The summed E-state index contributed by atoms with van der Waals surface area (Å²) in [5, 5.41) is 3.79. The minimum absolute atomic E-state index is 0.0515. The first-order valence-electron chi connectivity index (χ1n) is 9.61. The molecule has 1 amide bonds. The number of benzene rings is 2. The van der Waals surface area contributed by atoms with Crippen LogP contribution in [0.2, 0.25) is 5.02 Å². The lowest BCUT2D eigenvalue weighted by atomic mass is 9.77. The second kappa shape index (κ2) is 7.85. The molecule has 7 heteroatoms. The molecule has 1 unspecified atom stereocenters. The summed E-state index contributed by atoms with van der Waals surface area (Å²) in [7, 11) is -3.51. The standard InChI is InChI=1S/C21H23ClN2O3S/c22-17-8-4-15(5-9-17)20(14-2-1-3-14)23-21(25)16-6-12-19(13-7-16)28(26,27)24-18-10-11-18/h4-9,12-14,18,20,24H,1-3,10-11H2,(H,23,25). The van der Waals surface area contributed by atoms with Gasteiger partial charge in [-0.2, -0.15) is 0 Å². The summed E-state index contributed by atoms with van der Waals surface area (Å²) in [5.41, 5.74) is 1.49. The van der Waals surface area contributed by atoms with E-state index in [0.29, 0.717) is 16.5 Å². The Morgan fingerprint density at radius 3 is 2.14 bits per heavy atom. The van der Waals surface area contributed by atoms with Crippen LogP contribution in [0.4, 0.5) is 0 Å². The highest BCUT2D eigenvalue weighted by Gasteiger charge is 2.30. The fourth-order valence-corrected chi connectivity index (χ4v) is 4.85. The van der Waals surface area contributed by atoms with Crippen LogP contribution < -0.4 is 10.0 Å². The summed E-state index contributed by atoms with van der Waals surface area (Å²) in [6.07, 6.45) is 5.10. The molecule has 0 bridgehead atoms. The van der Waals surface area contributed by atoms with E-state index in [0.717, 1.165) is 31.2 Å². The van der Waals surface area contributed by atoms with Gasteiger partial charge in [0, 0.05) is 16.6 Å². The predicted molar refractivity (Wildman–Crippen MR) is 109 cm³/mol. The minimum Gasteiger partial charge on any atom is -0.345 e. The Morgan fingerprint density at radius 2 is 1.61 bits per heavy atom. The molecule has 2 aliphatic rings. The van der Waals surface area contributed by atoms with E-state index in [4.69, 9.17) is 11.6 Å². The van der Waals surface area contributed by atoms with Crippen molar-refractivity contribution in [2.75, 3.05) is 0 Å². The molecule has 2 fully saturated rings. The van der Waals surface area contributed by atoms with Gasteiger partial charge in [-0.1, -0.05) is 30.2 Å². The van der Waals surface area contributed by atoms with E-state index in [1.807, 2.05) is 24.3 Å². The molecule has 0 spiro atoms. The molecule has 1 atom stereocenters. The van der Waals surface area contributed by atoms with Crippen LogP contribution in [0.25, 0.3) is 0 Å². The quantitative estimate of drug-likeness (QED) is 0.712. The minimum atomic E-state index is -3.51. The second-order valence-electron chi connectivity index (χ2n) is 7.61. The van der Waals surface area contributed by atoms with Crippen molar-refractivity contribution >= 4 is 27.5 Å².